The first-order chi connectivity index (χ1) is 15.2. The zero-order chi connectivity index (χ0) is 23.3. The number of hydrogen-bond acceptors (Lipinski definition) is 7. The molecule has 0 aromatic heterocycles. The Morgan fingerprint density at radius 2 is 1.81 bits per heavy atom. The summed E-state index contributed by atoms with van der Waals surface area (Å²) >= 11 is 3.43. The monoisotopic (exact) mass is 509 g/mol. The quantitative estimate of drug-likeness (QED) is 0.338. The largest absolute Gasteiger partial charge is 0.490 e. The maximum atomic E-state index is 12.3. The fourth-order valence-electron chi connectivity index (χ4n) is 3.67. The summed E-state index contributed by atoms with van der Waals surface area (Å²) in [6, 6.07) is 3.48. The van der Waals surface area contributed by atoms with Crippen molar-refractivity contribution in [3.8, 4) is 11.5 Å². The van der Waals surface area contributed by atoms with Gasteiger partial charge < -0.3 is 24.3 Å². The van der Waals surface area contributed by atoms with Crippen molar-refractivity contribution < 1.29 is 33.3 Å². The molecule has 0 unspecified atom stereocenters. The molecule has 1 aliphatic carbocycles. The third kappa shape index (κ3) is 6.25. The Morgan fingerprint density at radius 1 is 1.16 bits per heavy atom. The lowest BCUT2D eigenvalue weighted by Gasteiger charge is -2.29. The molecule has 1 heterocycles. The molecule has 0 bridgehead atoms. The van der Waals surface area contributed by atoms with E-state index in [9.17, 15) is 14.4 Å². The Balaban J connectivity index is 1.75. The number of hydrogen-bond donors (Lipinski definition) is 1. The van der Waals surface area contributed by atoms with Crippen LogP contribution in [-0.2, 0) is 23.9 Å². The Morgan fingerprint density at radius 3 is 2.44 bits per heavy atom. The van der Waals surface area contributed by atoms with Crippen molar-refractivity contribution in [2.75, 3.05) is 13.2 Å². The second kappa shape index (κ2) is 10.4. The van der Waals surface area contributed by atoms with Crippen LogP contribution in [0.4, 0.5) is 0 Å². The van der Waals surface area contributed by atoms with Crippen LogP contribution in [-0.4, -0.2) is 42.9 Å². The molecule has 0 spiro atoms. The van der Waals surface area contributed by atoms with Crippen LogP contribution in [0.2, 0.25) is 0 Å². The molecule has 1 N–H and O–H groups in total. The predicted molar refractivity (Wildman–Crippen MR) is 120 cm³/mol. The number of nitrogens with one attached hydrogen (secondary N) is 1. The topological polar surface area (TPSA) is 100 Å². The first kappa shape index (κ1) is 24.1. The normalized spacial score (nSPS) is 18.4. The maximum Gasteiger partial charge on any atom is 0.348 e. The van der Waals surface area contributed by atoms with Gasteiger partial charge in [-0.25, -0.2) is 9.59 Å². The van der Waals surface area contributed by atoms with Crippen LogP contribution in [0.15, 0.2) is 22.2 Å². The maximum absolute atomic E-state index is 12.3. The molecule has 1 saturated carbocycles. The molecule has 1 saturated heterocycles. The fourth-order valence-corrected chi connectivity index (χ4v) is 4.25. The number of benzene rings is 1. The Kier molecular flexibility index (Phi) is 7.82. The third-order valence-corrected chi connectivity index (χ3v) is 5.67. The van der Waals surface area contributed by atoms with E-state index in [4.69, 9.17) is 18.9 Å². The van der Waals surface area contributed by atoms with Crippen molar-refractivity contribution in [3.05, 3.63) is 27.7 Å². The number of carbonyl (C=O) groups excluding carboxylic acids is 3. The number of ether oxygens (including phenoxy) is 4. The van der Waals surface area contributed by atoms with Crippen molar-refractivity contribution in [1.29, 1.82) is 0 Å². The van der Waals surface area contributed by atoms with E-state index < -0.39 is 17.7 Å². The smallest absolute Gasteiger partial charge is 0.348 e. The van der Waals surface area contributed by atoms with E-state index in [2.05, 4.69) is 21.2 Å². The third-order valence-electron chi connectivity index (χ3n) is 5.08. The van der Waals surface area contributed by atoms with E-state index in [-0.39, 0.29) is 24.1 Å². The number of carbonyl (C=O) groups is 3. The van der Waals surface area contributed by atoms with Gasteiger partial charge in [0.05, 0.1) is 11.1 Å². The average Bonchev–Trinajstić information content (AvgIpc) is 2.70. The van der Waals surface area contributed by atoms with E-state index in [0.717, 1.165) is 25.7 Å². The van der Waals surface area contributed by atoms with Crippen LogP contribution in [0.1, 0.15) is 58.4 Å². The lowest BCUT2D eigenvalue weighted by molar-refractivity contribution is -0.222. The second-order valence-electron chi connectivity index (χ2n) is 8.19. The molecular formula is C23H28BrNO7. The number of esters is 2. The number of cyclic esters (lactones) is 2. The van der Waals surface area contributed by atoms with Gasteiger partial charge in [-0.05, 0) is 59.5 Å². The van der Waals surface area contributed by atoms with Crippen molar-refractivity contribution >= 4 is 39.9 Å². The van der Waals surface area contributed by atoms with E-state index in [0.29, 0.717) is 28.1 Å². The Hall–Kier alpha value is -2.55. The van der Waals surface area contributed by atoms with Gasteiger partial charge in [0.25, 0.3) is 11.7 Å². The first-order valence-corrected chi connectivity index (χ1v) is 11.5. The summed E-state index contributed by atoms with van der Waals surface area (Å²) in [7, 11) is 0. The minimum Gasteiger partial charge on any atom is -0.490 e. The van der Waals surface area contributed by atoms with E-state index >= 15 is 0 Å². The van der Waals surface area contributed by atoms with Crippen LogP contribution in [0, 0.1) is 0 Å². The lowest BCUT2D eigenvalue weighted by Crippen LogP contribution is -2.41. The van der Waals surface area contributed by atoms with Gasteiger partial charge in [0.2, 0.25) is 0 Å². The molecule has 2 fully saturated rings. The minimum absolute atomic E-state index is 0.149. The molecular weight excluding hydrogens is 482 g/mol. The Labute approximate surface area is 195 Å². The van der Waals surface area contributed by atoms with Crippen LogP contribution < -0.4 is 14.8 Å². The zero-order valence-electron chi connectivity index (χ0n) is 18.5. The van der Waals surface area contributed by atoms with Crippen molar-refractivity contribution in [3.63, 3.8) is 0 Å². The van der Waals surface area contributed by atoms with Gasteiger partial charge in [0.1, 0.15) is 5.57 Å². The van der Waals surface area contributed by atoms with Gasteiger partial charge in [-0.15, -0.1) is 0 Å². The van der Waals surface area contributed by atoms with Crippen LogP contribution in [0.3, 0.4) is 0 Å². The second-order valence-corrected chi connectivity index (χ2v) is 9.05. The minimum atomic E-state index is -1.31. The van der Waals surface area contributed by atoms with Gasteiger partial charge in [-0.1, -0.05) is 19.3 Å². The molecule has 1 aliphatic heterocycles. The predicted octanol–water partition coefficient (Wildman–Crippen LogP) is 3.90. The zero-order valence-corrected chi connectivity index (χ0v) is 20.1. The van der Waals surface area contributed by atoms with Gasteiger partial charge in [0, 0.05) is 19.9 Å². The Bertz CT molecular complexity index is 897. The fraction of sp³-hybridized carbons (Fsp3) is 0.522. The van der Waals surface area contributed by atoms with Crippen molar-refractivity contribution in [2.24, 2.45) is 0 Å². The van der Waals surface area contributed by atoms with Crippen molar-refractivity contribution in [1.82, 2.24) is 5.32 Å². The highest BCUT2D eigenvalue weighted by Crippen LogP contribution is 2.38. The summed E-state index contributed by atoms with van der Waals surface area (Å²) < 4.78 is 22.2. The van der Waals surface area contributed by atoms with Gasteiger partial charge >= 0.3 is 11.9 Å². The molecule has 1 amide bonds. The molecule has 3 rings (SSSR count). The summed E-state index contributed by atoms with van der Waals surface area (Å²) in [6.07, 6.45) is 6.81. The SMILES string of the molecule is CCOc1cc(C=C2C(=O)OC(C)(C)OC2=O)cc(Br)c1OCC(=O)NC1CCCCC1. The lowest BCUT2D eigenvalue weighted by atomic mass is 9.95. The molecule has 1 aromatic rings. The summed E-state index contributed by atoms with van der Waals surface area (Å²) in [4.78, 5) is 36.8. The molecule has 174 valence electrons. The van der Waals surface area contributed by atoms with Crippen LogP contribution >= 0.6 is 15.9 Å². The van der Waals surface area contributed by atoms with Gasteiger partial charge in [-0.2, -0.15) is 0 Å². The number of amides is 1. The highest BCUT2D eigenvalue weighted by Gasteiger charge is 2.38. The van der Waals surface area contributed by atoms with Crippen LogP contribution in [0.25, 0.3) is 6.08 Å². The molecule has 2 aliphatic rings. The van der Waals surface area contributed by atoms with E-state index in [1.54, 1.807) is 12.1 Å². The number of halogens is 1. The van der Waals surface area contributed by atoms with Gasteiger partial charge in [-0.3, -0.25) is 4.79 Å². The molecule has 0 atom stereocenters. The standard InChI is InChI=1S/C23H28BrNO7/c1-4-29-18-12-14(10-16-21(27)31-23(2,3)32-22(16)28)11-17(24)20(18)30-13-19(26)25-15-8-6-5-7-9-15/h10-12,15H,4-9,13H2,1-3H3,(H,25,26). The molecule has 0 radical (unpaired) electrons. The summed E-state index contributed by atoms with van der Waals surface area (Å²) in [6.45, 7) is 5.00. The summed E-state index contributed by atoms with van der Waals surface area (Å²) in [5, 5.41) is 3.01. The van der Waals surface area contributed by atoms with Crippen LogP contribution in [0.5, 0.6) is 11.5 Å². The molecule has 9 heteroatoms. The van der Waals surface area contributed by atoms with E-state index in [1.807, 2.05) is 6.92 Å². The molecule has 1 aromatic carbocycles. The number of rotatable bonds is 7. The summed E-state index contributed by atoms with van der Waals surface area (Å²) in [5.41, 5.74) is 0.280. The molecule has 32 heavy (non-hydrogen) atoms. The average molecular weight is 510 g/mol. The van der Waals surface area contributed by atoms with Crippen molar-refractivity contribution in [2.45, 2.75) is 64.7 Å². The molecule has 8 nitrogen and oxygen atoms in total. The van der Waals surface area contributed by atoms with Gasteiger partial charge in [0.15, 0.2) is 18.1 Å². The summed E-state index contributed by atoms with van der Waals surface area (Å²) in [5.74, 6) is -2.29. The van der Waals surface area contributed by atoms with E-state index in [1.165, 1.54) is 26.3 Å². The highest BCUT2D eigenvalue weighted by atomic mass is 79.9. The first-order valence-electron chi connectivity index (χ1n) is 10.8. The highest BCUT2D eigenvalue weighted by molar-refractivity contribution is 9.10.